The van der Waals surface area contributed by atoms with Crippen LogP contribution in [0.4, 0.5) is 5.69 Å². The number of rotatable bonds is 4. The van der Waals surface area contributed by atoms with Crippen molar-refractivity contribution >= 4 is 11.6 Å². The van der Waals surface area contributed by atoms with E-state index in [0.717, 1.165) is 17.7 Å². The van der Waals surface area contributed by atoms with Gasteiger partial charge in [-0.2, -0.15) is 0 Å². The second-order valence-corrected chi connectivity index (χ2v) is 4.72. The van der Waals surface area contributed by atoms with Crippen LogP contribution in [0.25, 0.3) is 0 Å². The lowest BCUT2D eigenvalue weighted by Gasteiger charge is -2.18. The molecule has 0 unspecified atom stereocenters. The van der Waals surface area contributed by atoms with Crippen LogP contribution in [0.2, 0.25) is 0 Å². The number of nitrogens with one attached hydrogen (secondary N) is 1. The molecular weight excluding hydrogens is 200 g/mol. The Hall–Kier alpha value is -1.35. The Labute approximate surface area is 97.0 Å². The molecule has 0 aliphatic heterocycles. The third-order valence-corrected chi connectivity index (χ3v) is 2.29. The average molecular weight is 220 g/mol. The zero-order chi connectivity index (χ0) is 12.2. The summed E-state index contributed by atoms with van der Waals surface area (Å²) in [5.41, 5.74) is 7.37. The van der Waals surface area contributed by atoms with E-state index >= 15 is 0 Å². The van der Waals surface area contributed by atoms with E-state index < -0.39 is 5.54 Å². The molecule has 1 aromatic carbocycles. The lowest BCUT2D eigenvalue weighted by atomic mass is 10.0. The molecule has 0 aliphatic carbocycles. The number of benzene rings is 1. The number of para-hydroxylation sites is 1. The lowest BCUT2D eigenvalue weighted by Crippen LogP contribution is -2.36. The maximum Gasteiger partial charge on any atom is 0.226 e. The Morgan fingerprint density at radius 3 is 2.56 bits per heavy atom. The summed E-state index contributed by atoms with van der Waals surface area (Å²) < 4.78 is 0. The highest BCUT2D eigenvalue weighted by Gasteiger charge is 2.16. The maximum atomic E-state index is 11.7. The molecule has 88 valence electrons. The Bertz CT molecular complexity index is 366. The Kier molecular flexibility index (Phi) is 4.07. The van der Waals surface area contributed by atoms with Gasteiger partial charge in [-0.3, -0.25) is 4.79 Å². The van der Waals surface area contributed by atoms with Crippen LogP contribution in [0.1, 0.15) is 32.8 Å². The van der Waals surface area contributed by atoms with Crippen molar-refractivity contribution in [2.75, 3.05) is 5.32 Å². The second kappa shape index (κ2) is 5.12. The van der Waals surface area contributed by atoms with E-state index in [2.05, 4.69) is 12.2 Å². The highest BCUT2D eigenvalue weighted by atomic mass is 16.1. The van der Waals surface area contributed by atoms with Crippen molar-refractivity contribution in [1.29, 1.82) is 0 Å². The van der Waals surface area contributed by atoms with Gasteiger partial charge in [0.25, 0.3) is 0 Å². The fourth-order valence-corrected chi connectivity index (χ4v) is 1.56. The van der Waals surface area contributed by atoms with E-state index in [1.165, 1.54) is 0 Å². The minimum atomic E-state index is -0.467. The molecule has 0 heterocycles. The van der Waals surface area contributed by atoms with Gasteiger partial charge in [-0.15, -0.1) is 0 Å². The summed E-state index contributed by atoms with van der Waals surface area (Å²) in [4.78, 5) is 11.7. The molecule has 0 atom stereocenters. The number of carbonyl (C=O) groups excluding carboxylic acids is 1. The van der Waals surface area contributed by atoms with E-state index in [9.17, 15) is 4.79 Å². The smallest absolute Gasteiger partial charge is 0.226 e. The number of anilines is 1. The average Bonchev–Trinajstić information content (AvgIpc) is 2.15. The van der Waals surface area contributed by atoms with E-state index in [4.69, 9.17) is 5.73 Å². The number of amides is 1. The molecule has 0 radical (unpaired) electrons. The highest BCUT2D eigenvalue weighted by molar-refractivity contribution is 5.92. The van der Waals surface area contributed by atoms with Crippen LogP contribution in [0.5, 0.6) is 0 Å². The summed E-state index contributed by atoms with van der Waals surface area (Å²) in [7, 11) is 0. The van der Waals surface area contributed by atoms with E-state index in [0.29, 0.717) is 6.42 Å². The van der Waals surface area contributed by atoms with Gasteiger partial charge in [-0.05, 0) is 31.9 Å². The largest absolute Gasteiger partial charge is 0.326 e. The molecular formula is C13H20N2O. The highest BCUT2D eigenvalue weighted by Crippen LogP contribution is 2.16. The van der Waals surface area contributed by atoms with Crippen LogP contribution >= 0.6 is 0 Å². The molecule has 16 heavy (non-hydrogen) atoms. The first-order valence-electron chi connectivity index (χ1n) is 5.59. The van der Waals surface area contributed by atoms with Crippen LogP contribution < -0.4 is 11.1 Å². The monoisotopic (exact) mass is 220 g/mol. The van der Waals surface area contributed by atoms with Crippen LogP contribution in [0.3, 0.4) is 0 Å². The summed E-state index contributed by atoms with van der Waals surface area (Å²) in [6, 6.07) is 7.83. The summed E-state index contributed by atoms with van der Waals surface area (Å²) >= 11 is 0. The normalized spacial score (nSPS) is 11.2. The molecule has 3 nitrogen and oxygen atoms in total. The van der Waals surface area contributed by atoms with Crippen LogP contribution in [-0.2, 0) is 11.2 Å². The van der Waals surface area contributed by atoms with Crippen molar-refractivity contribution in [2.24, 2.45) is 5.73 Å². The van der Waals surface area contributed by atoms with Crippen molar-refractivity contribution in [2.45, 2.75) is 39.2 Å². The van der Waals surface area contributed by atoms with Gasteiger partial charge in [0, 0.05) is 17.6 Å². The van der Waals surface area contributed by atoms with Gasteiger partial charge < -0.3 is 11.1 Å². The summed E-state index contributed by atoms with van der Waals surface area (Å²) in [5.74, 6) is -0.0339. The molecule has 0 fully saturated rings. The molecule has 1 rings (SSSR count). The van der Waals surface area contributed by atoms with Crippen molar-refractivity contribution < 1.29 is 4.79 Å². The van der Waals surface area contributed by atoms with Gasteiger partial charge >= 0.3 is 0 Å². The third kappa shape index (κ3) is 4.03. The van der Waals surface area contributed by atoms with Gasteiger partial charge in [-0.25, -0.2) is 0 Å². The molecule has 0 bridgehead atoms. The molecule has 3 N–H and O–H groups in total. The fourth-order valence-electron chi connectivity index (χ4n) is 1.56. The topological polar surface area (TPSA) is 55.1 Å². The first-order chi connectivity index (χ1) is 7.42. The molecule has 0 saturated carbocycles. The van der Waals surface area contributed by atoms with Gasteiger partial charge in [0.2, 0.25) is 5.91 Å². The Morgan fingerprint density at radius 2 is 2.00 bits per heavy atom. The summed E-state index contributed by atoms with van der Waals surface area (Å²) in [5, 5.41) is 2.90. The zero-order valence-electron chi connectivity index (χ0n) is 10.2. The number of hydrogen-bond donors (Lipinski definition) is 2. The van der Waals surface area contributed by atoms with E-state index in [1.54, 1.807) is 0 Å². The number of hydrogen-bond acceptors (Lipinski definition) is 2. The lowest BCUT2D eigenvalue weighted by molar-refractivity contribution is -0.117. The molecule has 0 saturated heterocycles. The first-order valence-corrected chi connectivity index (χ1v) is 5.59. The van der Waals surface area contributed by atoms with Crippen LogP contribution in [0, 0.1) is 0 Å². The third-order valence-electron chi connectivity index (χ3n) is 2.29. The molecule has 0 spiro atoms. The molecule has 0 aromatic heterocycles. The van der Waals surface area contributed by atoms with Crippen molar-refractivity contribution in [3.8, 4) is 0 Å². The van der Waals surface area contributed by atoms with Gasteiger partial charge in [0.1, 0.15) is 0 Å². The molecule has 1 aromatic rings. The molecule has 0 aliphatic rings. The Morgan fingerprint density at radius 1 is 1.38 bits per heavy atom. The van der Waals surface area contributed by atoms with Gasteiger partial charge in [0.15, 0.2) is 0 Å². The van der Waals surface area contributed by atoms with Crippen LogP contribution in [-0.4, -0.2) is 11.4 Å². The predicted molar refractivity (Wildman–Crippen MR) is 67.3 cm³/mol. The predicted octanol–water partition coefficient (Wildman–Crippen LogP) is 2.31. The minimum absolute atomic E-state index is 0.0339. The number of carbonyl (C=O) groups is 1. The van der Waals surface area contributed by atoms with Crippen molar-refractivity contribution in [3.63, 3.8) is 0 Å². The quantitative estimate of drug-likeness (QED) is 0.818. The molecule has 1 amide bonds. The van der Waals surface area contributed by atoms with Crippen molar-refractivity contribution in [3.05, 3.63) is 29.8 Å². The zero-order valence-corrected chi connectivity index (χ0v) is 10.2. The van der Waals surface area contributed by atoms with E-state index in [-0.39, 0.29) is 5.91 Å². The van der Waals surface area contributed by atoms with Gasteiger partial charge in [-0.1, -0.05) is 25.1 Å². The Balaban J connectivity index is 2.70. The number of aryl methyl sites for hydroxylation is 1. The van der Waals surface area contributed by atoms with E-state index in [1.807, 2.05) is 38.1 Å². The second-order valence-electron chi connectivity index (χ2n) is 4.72. The standard InChI is InChI=1S/C13H20N2O/c1-4-10-7-5-6-8-11(10)15-12(16)9-13(2,3)14/h5-8H,4,9,14H2,1-3H3,(H,15,16). The first kappa shape index (κ1) is 12.7. The summed E-state index contributed by atoms with van der Waals surface area (Å²) in [6.45, 7) is 5.76. The number of nitrogens with two attached hydrogens (primary N) is 1. The van der Waals surface area contributed by atoms with Crippen LogP contribution in [0.15, 0.2) is 24.3 Å². The van der Waals surface area contributed by atoms with Crippen molar-refractivity contribution in [1.82, 2.24) is 0 Å². The molecule has 3 heteroatoms. The minimum Gasteiger partial charge on any atom is -0.326 e. The van der Waals surface area contributed by atoms with Gasteiger partial charge in [0.05, 0.1) is 0 Å². The fraction of sp³-hybridized carbons (Fsp3) is 0.462. The SMILES string of the molecule is CCc1ccccc1NC(=O)CC(C)(C)N. The summed E-state index contributed by atoms with van der Waals surface area (Å²) in [6.07, 6.45) is 1.23. The maximum absolute atomic E-state index is 11.7.